The Balaban J connectivity index is 0.000000186. The van der Waals surface area contributed by atoms with Crippen molar-refractivity contribution in [2.75, 3.05) is 0 Å². The Morgan fingerprint density at radius 3 is 2.48 bits per heavy atom. The molecule has 0 bridgehead atoms. The van der Waals surface area contributed by atoms with Crippen molar-refractivity contribution in [3.05, 3.63) is 88.3 Å². The molecule has 2 aromatic heterocycles. The fourth-order valence-electron chi connectivity index (χ4n) is 3.03. The van der Waals surface area contributed by atoms with Gasteiger partial charge in [-0.05, 0) is 37.3 Å². The molecule has 9 heteroatoms. The molecule has 0 amide bonds. The van der Waals surface area contributed by atoms with E-state index < -0.39 is 17.2 Å². The second-order valence-electron chi connectivity index (χ2n) is 7.91. The molecule has 33 heavy (non-hydrogen) atoms. The number of aliphatic hydroxyl groups is 1. The summed E-state index contributed by atoms with van der Waals surface area (Å²) in [6, 6.07) is 12.6. The van der Waals surface area contributed by atoms with E-state index in [1.165, 1.54) is 24.3 Å². The van der Waals surface area contributed by atoms with Gasteiger partial charge in [0.25, 0.3) is 0 Å². The van der Waals surface area contributed by atoms with Crippen LogP contribution in [-0.4, -0.2) is 24.9 Å². The molecule has 0 spiro atoms. The van der Waals surface area contributed by atoms with Crippen LogP contribution in [0.3, 0.4) is 0 Å². The molecule has 170 valence electrons. The molecule has 0 aliphatic rings. The number of hydrogen-bond acceptors (Lipinski definition) is 6. The summed E-state index contributed by atoms with van der Waals surface area (Å²) in [5.41, 5.74) is 1.09. The van der Waals surface area contributed by atoms with Crippen LogP contribution in [0, 0.1) is 23.0 Å². The molecule has 0 saturated carbocycles. The predicted molar refractivity (Wildman–Crippen MR) is 122 cm³/mol. The van der Waals surface area contributed by atoms with Crippen LogP contribution in [0.15, 0.2) is 60.5 Å². The summed E-state index contributed by atoms with van der Waals surface area (Å²) < 4.78 is 27.9. The highest BCUT2D eigenvalue weighted by atomic mass is 32.1. The molecule has 0 aliphatic heterocycles. The van der Waals surface area contributed by atoms with Crippen LogP contribution in [0.25, 0.3) is 11.3 Å². The van der Waals surface area contributed by atoms with Crippen molar-refractivity contribution in [2.24, 2.45) is 0 Å². The fourth-order valence-corrected chi connectivity index (χ4v) is 3.87. The normalized spacial score (nSPS) is 12.5. The number of hydrogen-bond donors (Lipinski definition) is 1. The quantitative estimate of drug-likeness (QED) is 0.432. The molecule has 0 radical (unpaired) electrons. The summed E-state index contributed by atoms with van der Waals surface area (Å²) in [6.07, 6.45) is 2.70. The van der Waals surface area contributed by atoms with E-state index in [1.54, 1.807) is 11.3 Å². The zero-order valence-electron chi connectivity index (χ0n) is 18.4. The van der Waals surface area contributed by atoms with Crippen molar-refractivity contribution in [3.8, 4) is 17.3 Å². The number of rotatable bonds is 5. The molecule has 4 aromatic rings. The van der Waals surface area contributed by atoms with Gasteiger partial charge in [0.1, 0.15) is 29.9 Å². The van der Waals surface area contributed by atoms with E-state index in [4.69, 9.17) is 5.26 Å². The third-order valence-electron chi connectivity index (χ3n) is 4.77. The third kappa shape index (κ3) is 6.28. The van der Waals surface area contributed by atoms with Crippen molar-refractivity contribution >= 4 is 11.3 Å². The minimum absolute atomic E-state index is 0.00657. The smallest absolute Gasteiger partial charge is 0.137 e. The van der Waals surface area contributed by atoms with Crippen molar-refractivity contribution in [1.82, 2.24) is 19.7 Å². The Hall–Kier alpha value is -3.48. The zero-order chi connectivity index (χ0) is 24.0. The summed E-state index contributed by atoms with van der Waals surface area (Å²) in [7, 11) is 0. The van der Waals surface area contributed by atoms with Gasteiger partial charge in [-0.15, -0.1) is 11.3 Å². The molecule has 4 rings (SSSR count). The molecule has 2 heterocycles. The van der Waals surface area contributed by atoms with Gasteiger partial charge in [0.15, 0.2) is 0 Å². The summed E-state index contributed by atoms with van der Waals surface area (Å²) >= 11 is 1.69. The van der Waals surface area contributed by atoms with E-state index in [-0.39, 0.29) is 12.1 Å². The molecule has 6 nitrogen and oxygen atoms in total. The Kier molecular flexibility index (Phi) is 7.63. The largest absolute Gasteiger partial charge is 0.383 e. The molecular formula is C24H23F2N5OS. The highest BCUT2D eigenvalue weighted by Crippen LogP contribution is 2.27. The Bertz CT molecular complexity index is 1230. The van der Waals surface area contributed by atoms with Gasteiger partial charge < -0.3 is 5.11 Å². The predicted octanol–water partition coefficient (Wildman–Crippen LogP) is 5.27. The second kappa shape index (κ2) is 10.4. The van der Waals surface area contributed by atoms with Crippen LogP contribution in [-0.2, 0) is 12.1 Å². The van der Waals surface area contributed by atoms with Gasteiger partial charge in [-0.25, -0.2) is 23.4 Å². The number of thiazole rings is 1. The minimum atomic E-state index is -1.56. The summed E-state index contributed by atoms with van der Waals surface area (Å²) in [5, 5.41) is 25.9. The Morgan fingerprint density at radius 1 is 1.18 bits per heavy atom. The topological polar surface area (TPSA) is 87.6 Å². The fraction of sp³-hybridized carbons (Fsp3) is 0.250. The van der Waals surface area contributed by atoms with E-state index >= 15 is 0 Å². The van der Waals surface area contributed by atoms with Crippen molar-refractivity contribution in [2.45, 2.75) is 38.8 Å². The van der Waals surface area contributed by atoms with Gasteiger partial charge in [0, 0.05) is 22.4 Å². The standard InChI is InChI=1S/C13H12N2S.C11H11F2N3O/c1-9(2)13-15-12(8-16-13)11-5-3-10(7-14)4-6-11;1-11(17,5-16-7-14-6-15-16)9-4-8(12)2-3-10(9)13/h3-6,8-9H,1-2H3;2-4,6-7,17H,5H2,1H3/t;11-/m.0/s1. The molecule has 0 unspecified atom stereocenters. The average molecular weight is 468 g/mol. The van der Waals surface area contributed by atoms with Crippen LogP contribution in [0.1, 0.15) is 42.8 Å². The molecule has 1 atom stereocenters. The zero-order valence-corrected chi connectivity index (χ0v) is 19.2. The maximum Gasteiger partial charge on any atom is 0.137 e. The van der Waals surface area contributed by atoms with Crippen molar-refractivity contribution in [1.29, 1.82) is 5.26 Å². The highest BCUT2D eigenvalue weighted by Gasteiger charge is 2.28. The van der Waals surface area contributed by atoms with Gasteiger partial charge >= 0.3 is 0 Å². The summed E-state index contributed by atoms with van der Waals surface area (Å²) in [4.78, 5) is 8.28. The first-order valence-electron chi connectivity index (χ1n) is 10.2. The summed E-state index contributed by atoms with van der Waals surface area (Å²) in [5.74, 6) is -0.783. The van der Waals surface area contributed by atoms with Crippen molar-refractivity contribution in [3.63, 3.8) is 0 Å². The first kappa shape index (κ1) is 24.2. The van der Waals surface area contributed by atoms with E-state index in [0.717, 1.165) is 34.5 Å². The summed E-state index contributed by atoms with van der Waals surface area (Å²) in [6.45, 7) is 5.67. The lowest BCUT2D eigenvalue weighted by atomic mass is 9.95. The molecule has 0 aliphatic carbocycles. The van der Waals surface area contributed by atoms with Crippen molar-refractivity contribution < 1.29 is 13.9 Å². The first-order valence-corrected chi connectivity index (χ1v) is 11.0. The second-order valence-corrected chi connectivity index (χ2v) is 8.80. The maximum absolute atomic E-state index is 13.5. The maximum atomic E-state index is 13.5. The number of benzene rings is 2. The van der Waals surface area contributed by atoms with Crippen LogP contribution >= 0.6 is 11.3 Å². The Labute approximate surface area is 194 Å². The lowest BCUT2D eigenvalue weighted by Gasteiger charge is -2.24. The SMILES string of the molecule is CC(C)c1nc(-c2ccc(C#N)cc2)cs1.C[C@](O)(Cn1cncn1)c1cc(F)ccc1F. The van der Waals surface area contributed by atoms with E-state index in [1.807, 2.05) is 24.3 Å². The molecule has 1 N–H and O–H groups in total. The third-order valence-corrected chi connectivity index (χ3v) is 5.92. The highest BCUT2D eigenvalue weighted by molar-refractivity contribution is 7.10. The van der Waals surface area contributed by atoms with E-state index in [0.29, 0.717) is 11.5 Å². The number of nitrogens with zero attached hydrogens (tertiary/aromatic N) is 5. The molecule has 0 saturated heterocycles. The molecule has 0 fully saturated rings. The number of halogens is 2. The Morgan fingerprint density at radius 2 is 1.91 bits per heavy atom. The number of nitriles is 1. The van der Waals surface area contributed by atoms with E-state index in [2.05, 4.69) is 40.4 Å². The van der Waals surface area contributed by atoms with Crippen LogP contribution in [0.5, 0.6) is 0 Å². The van der Waals surface area contributed by atoms with Gasteiger partial charge in [-0.2, -0.15) is 10.4 Å². The lowest BCUT2D eigenvalue weighted by molar-refractivity contribution is 0.0307. The van der Waals surface area contributed by atoms with Crippen LogP contribution < -0.4 is 0 Å². The van der Waals surface area contributed by atoms with Gasteiger partial charge in [-0.1, -0.05) is 26.0 Å². The monoisotopic (exact) mass is 467 g/mol. The van der Waals surface area contributed by atoms with Gasteiger partial charge in [-0.3, -0.25) is 0 Å². The van der Waals surface area contributed by atoms with E-state index in [9.17, 15) is 13.9 Å². The van der Waals surface area contributed by atoms with Crippen LogP contribution in [0.2, 0.25) is 0 Å². The number of aromatic nitrogens is 4. The lowest BCUT2D eigenvalue weighted by Crippen LogP contribution is -2.29. The molecule has 2 aromatic carbocycles. The van der Waals surface area contributed by atoms with Crippen LogP contribution in [0.4, 0.5) is 8.78 Å². The first-order chi connectivity index (χ1) is 15.7. The average Bonchev–Trinajstić information content (AvgIpc) is 3.48. The minimum Gasteiger partial charge on any atom is -0.383 e. The molecular weight excluding hydrogens is 444 g/mol. The van der Waals surface area contributed by atoms with Gasteiger partial charge in [0.2, 0.25) is 0 Å². The van der Waals surface area contributed by atoms with Gasteiger partial charge in [0.05, 0.1) is 28.9 Å².